The Morgan fingerprint density at radius 2 is 2.00 bits per heavy atom. The molecule has 0 bridgehead atoms. The predicted molar refractivity (Wildman–Crippen MR) is 71.8 cm³/mol. The summed E-state index contributed by atoms with van der Waals surface area (Å²) in [4.78, 5) is 23.1. The van der Waals surface area contributed by atoms with E-state index in [2.05, 4.69) is 0 Å². The number of benzene rings is 1. The Morgan fingerprint density at radius 1 is 1.32 bits per heavy atom. The first-order valence-corrected chi connectivity index (χ1v) is 5.73. The van der Waals surface area contributed by atoms with E-state index in [-0.39, 0.29) is 17.7 Å². The third kappa shape index (κ3) is 2.46. The lowest BCUT2D eigenvalue weighted by atomic mass is 10.0. The van der Waals surface area contributed by atoms with Gasteiger partial charge >= 0.3 is 5.70 Å². The molecular weight excluding hydrogens is 244 g/mol. The Balaban J connectivity index is 2.54. The van der Waals surface area contributed by atoms with Gasteiger partial charge in [0.1, 0.15) is 17.2 Å². The minimum atomic E-state index is -0.529. The van der Waals surface area contributed by atoms with Gasteiger partial charge in [0, 0.05) is 19.2 Å². The Morgan fingerprint density at radius 3 is 2.58 bits per heavy atom. The molecule has 0 aromatic heterocycles. The van der Waals surface area contributed by atoms with Crippen LogP contribution < -0.4 is 4.90 Å². The van der Waals surface area contributed by atoms with Gasteiger partial charge in [-0.25, -0.2) is 4.79 Å². The van der Waals surface area contributed by atoms with Crippen molar-refractivity contribution in [2.75, 3.05) is 11.9 Å². The summed E-state index contributed by atoms with van der Waals surface area (Å²) in [6.07, 6.45) is 3.62. The van der Waals surface area contributed by atoms with E-state index in [1.807, 2.05) is 30.3 Å². The summed E-state index contributed by atoms with van der Waals surface area (Å²) in [6.45, 7) is 0. The third-order valence-corrected chi connectivity index (χ3v) is 2.94. The van der Waals surface area contributed by atoms with Crippen LogP contribution in [-0.4, -0.2) is 17.9 Å². The van der Waals surface area contributed by atoms with Crippen LogP contribution in [0.2, 0.25) is 0 Å². The number of carbonyl (C=O) groups excluding carboxylic acids is 1. The molecule has 0 N–H and O–H groups in total. The quantitative estimate of drug-likeness (QED) is 0.473. The molecule has 1 aliphatic rings. The zero-order valence-corrected chi connectivity index (χ0v) is 10.4. The summed E-state index contributed by atoms with van der Waals surface area (Å²) < 4.78 is 0. The standard InChI is InChI=1S/C14H12N2O3/c1-15(12-7-3-2-4-8-12)13-9-5-6-11(10-17)14(13)16(18)19/h2-5,7-9H,6H2,1H3. The lowest BCUT2D eigenvalue weighted by Crippen LogP contribution is -2.22. The van der Waals surface area contributed by atoms with Crippen LogP contribution in [0.5, 0.6) is 0 Å². The monoisotopic (exact) mass is 256 g/mol. The smallest absolute Gasteiger partial charge is 0.307 e. The molecule has 1 aliphatic carbocycles. The second-order valence-electron chi connectivity index (χ2n) is 4.07. The number of para-hydroxylation sites is 1. The minimum absolute atomic E-state index is 0.0743. The molecular formula is C14H12N2O3. The predicted octanol–water partition coefficient (Wildman–Crippen LogP) is 2.33. The first-order chi connectivity index (χ1) is 9.15. The Bertz CT molecular complexity index is 611. The average molecular weight is 256 g/mol. The molecule has 2 rings (SSSR count). The van der Waals surface area contributed by atoms with Crippen molar-refractivity contribution in [2.45, 2.75) is 6.42 Å². The van der Waals surface area contributed by atoms with Crippen molar-refractivity contribution in [2.24, 2.45) is 0 Å². The molecule has 1 aromatic carbocycles. The maximum Gasteiger partial charge on any atom is 0.307 e. The summed E-state index contributed by atoms with van der Waals surface area (Å²) in [5.41, 5.74) is 1.10. The summed E-state index contributed by atoms with van der Waals surface area (Å²) in [7, 11) is 1.73. The number of nitrogens with zero attached hydrogens (tertiary/aromatic N) is 2. The fraction of sp³-hybridized carbons (Fsp3) is 0.143. The Hall–Kier alpha value is -2.65. The maximum absolute atomic E-state index is 11.2. The van der Waals surface area contributed by atoms with Gasteiger partial charge in [-0.15, -0.1) is 0 Å². The Kier molecular flexibility index (Phi) is 3.59. The van der Waals surface area contributed by atoms with Gasteiger partial charge in [-0.1, -0.05) is 24.3 Å². The SMILES string of the molecule is CN(C1=C([N+](=O)[O-])C(=C=O)CC=C1)c1ccccc1. The topological polar surface area (TPSA) is 63.4 Å². The number of anilines is 1. The van der Waals surface area contributed by atoms with Gasteiger partial charge in [0.15, 0.2) is 0 Å². The average Bonchev–Trinajstić information content (AvgIpc) is 2.46. The van der Waals surface area contributed by atoms with E-state index in [0.29, 0.717) is 5.70 Å². The van der Waals surface area contributed by atoms with Crippen LogP contribution in [0.4, 0.5) is 5.69 Å². The molecule has 0 atom stereocenters. The van der Waals surface area contributed by atoms with Crippen molar-refractivity contribution < 1.29 is 9.72 Å². The van der Waals surface area contributed by atoms with Gasteiger partial charge in [-0.2, -0.15) is 0 Å². The highest BCUT2D eigenvalue weighted by atomic mass is 16.6. The zero-order valence-electron chi connectivity index (χ0n) is 10.4. The molecule has 5 heteroatoms. The van der Waals surface area contributed by atoms with E-state index in [1.54, 1.807) is 30.0 Å². The molecule has 0 heterocycles. The van der Waals surface area contributed by atoms with Crippen molar-refractivity contribution in [3.05, 3.63) is 69.6 Å². The van der Waals surface area contributed by atoms with E-state index >= 15 is 0 Å². The van der Waals surface area contributed by atoms with E-state index in [1.165, 1.54) is 0 Å². The number of hydrogen-bond acceptors (Lipinski definition) is 4. The van der Waals surface area contributed by atoms with Crippen LogP contribution in [0.15, 0.2) is 59.5 Å². The van der Waals surface area contributed by atoms with E-state index in [9.17, 15) is 14.9 Å². The highest BCUT2D eigenvalue weighted by molar-refractivity contribution is 5.66. The molecule has 96 valence electrons. The van der Waals surface area contributed by atoms with Gasteiger partial charge in [0.2, 0.25) is 0 Å². The molecule has 0 saturated carbocycles. The largest absolute Gasteiger partial charge is 0.339 e. The van der Waals surface area contributed by atoms with Crippen LogP contribution in [0.1, 0.15) is 6.42 Å². The number of likely N-dealkylation sites (N-methyl/N-ethyl adjacent to an activating group) is 1. The molecule has 0 unspecified atom stereocenters. The van der Waals surface area contributed by atoms with Crippen molar-refractivity contribution in [3.63, 3.8) is 0 Å². The fourth-order valence-electron chi connectivity index (χ4n) is 1.97. The minimum Gasteiger partial charge on any atom is -0.339 e. The maximum atomic E-state index is 11.2. The van der Waals surface area contributed by atoms with E-state index < -0.39 is 4.92 Å². The number of allylic oxidation sites excluding steroid dienone is 3. The highest BCUT2D eigenvalue weighted by Crippen LogP contribution is 2.28. The summed E-state index contributed by atoms with van der Waals surface area (Å²) >= 11 is 0. The van der Waals surface area contributed by atoms with Gasteiger partial charge in [-0.05, 0) is 18.2 Å². The molecule has 19 heavy (non-hydrogen) atoms. The Labute approximate surface area is 110 Å². The summed E-state index contributed by atoms with van der Waals surface area (Å²) in [6, 6.07) is 9.25. The fourth-order valence-corrected chi connectivity index (χ4v) is 1.97. The zero-order chi connectivity index (χ0) is 13.8. The van der Waals surface area contributed by atoms with Crippen molar-refractivity contribution in [3.8, 4) is 0 Å². The second-order valence-corrected chi connectivity index (χ2v) is 4.07. The van der Waals surface area contributed by atoms with E-state index in [4.69, 9.17) is 0 Å². The molecule has 0 amide bonds. The summed E-state index contributed by atoms with van der Waals surface area (Å²) in [5, 5.41) is 11.2. The number of hydrogen-bond donors (Lipinski definition) is 0. The summed E-state index contributed by atoms with van der Waals surface area (Å²) in [5.74, 6) is 1.66. The first kappa shape index (κ1) is 12.8. The van der Waals surface area contributed by atoms with Crippen molar-refractivity contribution in [1.29, 1.82) is 0 Å². The first-order valence-electron chi connectivity index (χ1n) is 5.73. The van der Waals surface area contributed by atoms with Crippen LogP contribution in [0, 0.1) is 10.1 Å². The molecule has 0 saturated heterocycles. The molecule has 5 nitrogen and oxygen atoms in total. The van der Waals surface area contributed by atoms with Gasteiger partial charge in [-0.3, -0.25) is 10.1 Å². The highest BCUT2D eigenvalue weighted by Gasteiger charge is 2.28. The molecule has 0 fully saturated rings. The lowest BCUT2D eigenvalue weighted by molar-refractivity contribution is -0.421. The lowest BCUT2D eigenvalue weighted by Gasteiger charge is -2.22. The number of nitro groups is 1. The van der Waals surface area contributed by atoms with Crippen LogP contribution in [0.3, 0.4) is 0 Å². The molecule has 0 spiro atoms. The third-order valence-electron chi connectivity index (χ3n) is 2.94. The van der Waals surface area contributed by atoms with Gasteiger partial charge in [0.05, 0.1) is 4.92 Å². The van der Waals surface area contributed by atoms with Crippen LogP contribution in [-0.2, 0) is 4.79 Å². The second kappa shape index (κ2) is 5.33. The molecule has 1 aromatic rings. The molecule has 0 radical (unpaired) electrons. The van der Waals surface area contributed by atoms with Crippen LogP contribution >= 0.6 is 0 Å². The van der Waals surface area contributed by atoms with Gasteiger partial charge < -0.3 is 4.90 Å². The van der Waals surface area contributed by atoms with E-state index in [0.717, 1.165) is 5.69 Å². The van der Waals surface area contributed by atoms with Crippen LogP contribution in [0.25, 0.3) is 0 Å². The van der Waals surface area contributed by atoms with Gasteiger partial charge in [0.25, 0.3) is 0 Å². The number of rotatable bonds is 3. The van der Waals surface area contributed by atoms with Crippen molar-refractivity contribution >= 4 is 11.6 Å². The van der Waals surface area contributed by atoms with Crippen molar-refractivity contribution in [1.82, 2.24) is 0 Å². The normalized spacial score (nSPS) is 14.3. The molecule has 0 aliphatic heterocycles.